The number of rotatable bonds is 1. The Balaban J connectivity index is 0.000000956. The third kappa shape index (κ3) is 4.45. The molecule has 0 spiro atoms. The van der Waals surface area contributed by atoms with Gasteiger partial charge in [0, 0.05) is 36.2 Å². The van der Waals surface area contributed by atoms with Gasteiger partial charge in [-0.05, 0) is 39.0 Å². The number of anilines is 1. The van der Waals surface area contributed by atoms with Crippen LogP contribution in [0.1, 0.15) is 34.6 Å². The first-order valence-corrected chi connectivity index (χ1v) is 8.12. The Kier molecular flexibility index (Phi) is 6.46. The number of hydrogen-bond donors (Lipinski definition) is 0. The van der Waals surface area contributed by atoms with Crippen LogP contribution in [0.25, 0.3) is 0 Å². The zero-order valence-corrected chi connectivity index (χ0v) is 14.8. The molecule has 0 bridgehead atoms. The van der Waals surface area contributed by atoms with Crippen LogP contribution in [-0.4, -0.2) is 36.6 Å². The minimum absolute atomic E-state index is 0.137. The van der Waals surface area contributed by atoms with E-state index in [1.165, 1.54) is 6.07 Å². The SMILES string of the molecule is CC.CC(C)(C)N1CCN(c2cc(Br)ccc2F)CC1. The van der Waals surface area contributed by atoms with Gasteiger partial charge in [0.15, 0.2) is 0 Å². The van der Waals surface area contributed by atoms with Gasteiger partial charge >= 0.3 is 0 Å². The summed E-state index contributed by atoms with van der Waals surface area (Å²) in [6.07, 6.45) is 0. The first kappa shape index (κ1) is 17.4. The first-order valence-electron chi connectivity index (χ1n) is 7.33. The average molecular weight is 345 g/mol. The van der Waals surface area contributed by atoms with Crippen molar-refractivity contribution in [1.29, 1.82) is 0 Å². The smallest absolute Gasteiger partial charge is 0.146 e. The molecular formula is C16H26BrFN2. The highest BCUT2D eigenvalue weighted by molar-refractivity contribution is 9.10. The monoisotopic (exact) mass is 344 g/mol. The lowest BCUT2D eigenvalue weighted by molar-refractivity contribution is 0.128. The molecule has 0 aromatic heterocycles. The highest BCUT2D eigenvalue weighted by Gasteiger charge is 2.26. The van der Waals surface area contributed by atoms with E-state index in [0.717, 1.165) is 30.7 Å². The summed E-state index contributed by atoms with van der Waals surface area (Å²) in [6.45, 7) is 14.4. The largest absolute Gasteiger partial charge is 0.367 e. The van der Waals surface area contributed by atoms with Crippen molar-refractivity contribution in [3.8, 4) is 0 Å². The first-order chi connectivity index (χ1) is 9.38. The lowest BCUT2D eigenvalue weighted by Crippen LogP contribution is -2.53. The van der Waals surface area contributed by atoms with E-state index in [0.29, 0.717) is 5.69 Å². The van der Waals surface area contributed by atoms with E-state index >= 15 is 0 Å². The lowest BCUT2D eigenvalue weighted by Gasteiger charge is -2.43. The molecule has 114 valence electrons. The minimum Gasteiger partial charge on any atom is -0.367 e. The van der Waals surface area contributed by atoms with E-state index in [4.69, 9.17) is 0 Å². The second-order valence-electron chi connectivity index (χ2n) is 5.74. The predicted octanol–water partition coefficient (Wildman–Crippen LogP) is 4.53. The number of halogens is 2. The van der Waals surface area contributed by atoms with Crippen LogP contribution in [0, 0.1) is 5.82 Å². The van der Waals surface area contributed by atoms with Gasteiger partial charge < -0.3 is 4.90 Å². The van der Waals surface area contributed by atoms with Crippen LogP contribution in [0.3, 0.4) is 0 Å². The number of benzene rings is 1. The fourth-order valence-corrected chi connectivity index (χ4v) is 2.70. The molecule has 1 heterocycles. The van der Waals surface area contributed by atoms with Crippen molar-refractivity contribution >= 4 is 21.6 Å². The fourth-order valence-electron chi connectivity index (χ4n) is 2.35. The van der Waals surface area contributed by atoms with Gasteiger partial charge in [-0.1, -0.05) is 29.8 Å². The molecule has 0 amide bonds. The van der Waals surface area contributed by atoms with Crippen molar-refractivity contribution in [3.63, 3.8) is 0 Å². The van der Waals surface area contributed by atoms with Crippen LogP contribution >= 0.6 is 15.9 Å². The van der Waals surface area contributed by atoms with Gasteiger partial charge in [0.25, 0.3) is 0 Å². The second kappa shape index (κ2) is 7.41. The lowest BCUT2D eigenvalue weighted by atomic mass is 10.0. The van der Waals surface area contributed by atoms with E-state index in [1.54, 1.807) is 6.07 Å². The molecule has 0 atom stereocenters. The predicted molar refractivity (Wildman–Crippen MR) is 89.0 cm³/mol. The summed E-state index contributed by atoms with van der Waals surface area (Å²) in [5, 5.41) is 0. The van der Waals surface area contributed by atoms with Gasteiger partial charge in [-0.2, -0.15) is 0 Å². The van der Waals surface area contributed by atoms with Crippen LogP contribution in [0.15, 0.2) is 22.7 Å². The molecule has 1 saturated heterocycles. The zero-order chi connectivity index (χ0) is 15.3. The van der Waals surface area contributed by atoms with Crippen molar-refractivity contribution in [2.24, 2.45) is 0 Å². The summed E-state index contributed by atoms with van der Waals surface area (Å²) in [5.74, 6) is -0.137. The Hall–Kier alpha value is -0.610. The normalized spacial score (nSPS) is 16.6. The van der Waals surface area contributed by atoms with Crippen LogP contribution < -0.4 is 4.90 Å². The molecule has 1 aromatic rings. The van der Waals surface area contributed by atoms with E-state index < -0.39 is 0 Å². The highest BCUT2D eigenvalue weighted by Crippen LogP contribution is 2.26. The summed E-state index contributed by atoms with van der Waals surface area (Å²) >= 11 is 3.40. The average Bonchev–Trinajstić information content (AvgIpc) is 2.43. The third-order valence-corrected chi connectivity index (χ3v) is 3.97. The molecule has 0 N–H and O–H groups in total. The summed E-state index contributed by atoms with van der Waals surface area (Å²) in [4.78, 5) is 4.57. The standard InChI is InChI=1S/C14H20BrFN2.C2H6/c1-14(2,3)18-8-6-17(7-9-18)13-10-11(15)4-5-12(13)16;1-2/h4-5,10H,6-9H2,1-3H3;1-2H3. The van der Waals surface area contributed by atoms with Crippen molar-refractivity contribution in [2.75, 3.05) is 31.1 Å². The Labute approximate surface area is 131 Å². The summed E-state index contributed by atoms with van der Waals surface area (Å²) < 4.78 is 14.7. The maximum absolute atomic E-state index is 13.8. The van der Waals surface area contributed by atoms with Crippen LogP contribution in [0.2, 0.25) is 0 Å². The number of piperazine rings is 1. The molecule has 0 aliphatic carbocycles. The molecule has 0 saturated carbocycles. The van der Waals surface area contributed by atoms with Gasteiger partial charge in [-0.15, -0.1) is 0 Å². The van der Waals surface area contributed by atoms with Gasteiger partial charge in [-0.3, -0.25) is 4.90 Å². The van der Waals surface area contributed by atoms with Gasteiger partial charge in [0.05, 0.1) is 5.69 Å². The Morgan fingerprint density at radius 2 is 1.60 bits per heavy atom. The maximum Gasteiger partial charge on any atom is 0.146 e. The highest BCUT2D eigenvalue weighted by atomic mass is 79.9. The molecule has 0 radical (unpaired) electrons. The molecular weight excluding hydrogens is 319 g/mol. The molecule has 1 aliphatic heterocycles. The van der Waals surface area contributed by atoms with Crippen molar-refractivity contribution in [3.05, 3.63) is 28.5 Å². The Bertz CT molecular complexity index is 421. The Morgan fingerprint density at radius 1 is 1.05 bits per heavy atom. The van der Waals surface area contributed by atoms with Crippen LogP contribution in [0.4, 0.5) is 10.1 Å². The summed E-state index contributed by atoms with van der Waals surface area (Å²) in [7, 11) is 0. The molecule has 0 unspecified atom stereocenters. The molecule has 2 rings (SSSR count). The number of nitrogens with zero attached hydrogens (tertiary/aromatic N) is 2. The molecule has 4 heteroatoms. The van der Waals surface area contributed by atoms with Gasteiger partial charge in [0.2, 0.25) is 0 Å². The van der Waals surface area contributed by atoms with E-state index in [1.807, 2.05) is 19.9 Å². The molecule has 1 aromatic carbocycles. The van der Waals surface area contributed by atoms with E-state index in [2.05, 4.69) is 46.5 Å². The van der Waals surface area contributed by atoms with Gasteiger partial charge in [-0.25, -0.2) is 4.39 Å². The van der Waals surface area contributed by atoms with Gasteiger partial charge in [0.1, 0.15) is 5.82 Å². The van der Waals surface area contributed by atoms with E-state index in [-0.39, 0.29) is 11.4 Å². The molecule has 1 aliphatic rings. The van der Waals surface area contributed by atoms with Crippen LogP contribution in [-0.2, 0) is 0 Å². The fraction of sp³-hybridized carbons (Fsp3) is 0.625. The molecule has 1 fully saturated rings. The third-order valence-electron chi connectivity index (χ3n) is 3.48. The quantitative estimate of drug-likeness (QED) is 0.738. The minimum atomic E-state index is -0.137. The Morgan fingerprint density at radius 3 is 2.10 bits per heavy atom. The second-order valence-corrected chi connectivity index (χ2v) is 6.66. The number of hydrogen-bond acceptors (Lipinski definition) is 2. The zero-order valence-electron chi connectivity index (χ0n) is 13.2. The van der Waals surface area contributed by atoms with E-state index in [9.17, 15) is 4.39 Å². The topological polar surface area (TPSA) is 6.48 Å². The van der Waals surface area contributed by atoms with Crippen molar-refractivity contribution < 1.29 is 4.39 Å². The summed E-state index contributed by atoms with van der Waals surface area (Å²) in [6, 6.07) is 5.13. The molecule has 2 nitrogen and oxygen atoms in total. The van der Waals surface area contributed by atoms with Crippen molar-refractivity contribution in [2.45, 2.75) is 40.2 Å². The summed E-state index contributed by atoms with van der Waals surface area (Å²) in [5.41, 5.74) is 0.903. The van der Waals surface area contributed by atoms with Crippen LogP contribution in [0.5, 0.6) is 0 Å². The molecule has 20 heavy (non-hydrogen) atoms. The maximum atomic E-state index is 13.8. The van der Waals surface area contributed by atoms with Crippen molar-refractivity contribution in [1.82, 2.24) is 4.90 Å².